The zero-order valence-electron chi connectivity index (χ0n) is 20.3. The molecule has 0 saturated carbocycles. The summed E-state index contributed by atoms with van der Waals surface area (Å²) < 4.78 is 10.6. The van der Waals surface area contributed by atoms with Gasteiger partial charge < -0.3 is 24.4 Å². The van der Waals surface area contributed by atoms with E-state index in [1.54, 1.807) is 17.0 Å². The van der Waals surface area contributed by atoms with Crippen LogP contribution in [0.15, 0.2) is 48.0 Å². The van der Waals surface area contributed by atoms with Crippen LogP contribution in [-0.4, -0.2) is 63.1 Å². The summed E-state index contributed by atoms with van der Waals surface area (Å²) in [6, 6.07) is 11.7. The van der Waals surface area contributed by atoms with E-state index in [2.05, 4.69) is 13.8 Å². The maximum atomic E-state index is 13.6. The lowest BCUT2D eigenvalue weighted by atomic mass is 9.93. The third-order valence-electron chi connectivity index (χ3n) is 6.77. The lowest BCUT2D eigenvalue weighted by molar-refractivity contribution is -0.907. The second-order valence-corrected chi connectivity index (χ2v) is 9.66. The minimum Gasteiger partial charge on any atom is -0.872 e. The smallest absolute Gasteiger partial charge is 0.295 e. The number of morpholine rings is 1. The molecule has 2 aromatic rings. The van der Waals surface area contributed by atoms with E-state index >= 15 is 0 Å². The molecule has 7 nitrogen and oxygen atoms in total. The Morgan fingerprint density at radius 1 is 1.17 bits per heavy atom. The molecular weight excluding hydrogens is 468 g/mol. The number of methoxy groups -OCH3 is 1. The van der Waals surface area contributed by atoms with Gasteiger partial charge in [0.2, 0.25) is 5.78 Å². The van der Waals surface area contributed by atoms with Gasteiger partial charge in [0.1, 0.15) is 18.8 Å². The van der Waals surface area contributed by atoms with Crippen LogP contribution in [0.3, 0.4) is 0 Å². The fourth-order valence-electron chi connectivity index (χ4n) is 4.66. The number of likely N-dealkylation sites (tertiary alicyclic amines) is 1. The molecule has 2 aromatic carbocycles. The van der Waals surface area contributed by atoms with E-state index in [0.29, 0.717) is 38.0 Å². The molecule has 2 heterocycles. The first-order valence-electron chi connectivity index (χ1n) is 11.9. The minimum absolute atomic E-state index is 0.0366. The van der Waals surface area contributed by atoms with E-state index in [4.69, 9.17) is 21.1 Å². The van der Waals surface area contributed by atoms with Crippen molar-refractivity contribution in [1.82, 2.24) is 4.90 Å². The van der Waals surface area contributed by atoms with Crippen LogP contribution in [0, 0.1) is 0 Å². The number of hydrogen-bond acceptors (Lipinski definition) is 5. The Labute approximate surface area is 210 Å². The number of carbonyl (C=O) groups excluding carboxylic acids is 2. The number of quaternary nitrogens is 1. The second kappa shape index (κ2) is 10.8. The van der Waals surface area contributed by atoms with Crippen LogP contribution in [-0.2, 0) is 14.3 Å². The summed E-state index contributed by atoms with van der Waals surface area (Å²) in [6.45, 7) is 8.31. The van der Waals surface area contributed by atoms with Crippen LogP contribution in [0.1, 0.15) is 42.5 Å². The molecule has 8 heteroatoms. The Morgan fingerprint density at radius 2 is 1.86 bits per heavy atom. The lowest BCUT2D eigenvalue weighted by Crippen LogP contribution is -3.14. The van der Waals surface area contributed by atoms with Crippen molar-refractivity contribution in [1.29, 1.82) is 0 Å². The van der Waals surface area contributed by atoms with E-state index in [0.717, 1.165) is 24.2 Å². The third-order valence-corrected chi connectivity index (χ3v) is 7.06. The van der Waals surface area contributed by atoms with Crippen molar-refractivity contribution in [2.45, 2.75) is 25.8 Å². The quantitative estimate of drug-likeness (QED) is 0.356. The molecule has 1 unspecified atom stereocenters. The van der Waals surface area contributed by atoms with Crippen molar-refractivity contribution in [3.05, 3.63) is 69.8 Å². The first kappa shape index (κ1) is 25.2. The van der Waals surface area contributed by atoms with Crippen molar-refractivity contribution in [2.24, 2.45) is 0 Å². The second-order valence-electron chi connectivity index (χ2n) is 9.26. The van der Waals surface area contributed by atoms with Gasteiger partial charge >= 0.3 is 0 Å². The number of halogens is 1. The fraction of sp³-hybridized carbons (Fsp3) is 0.407. The van der Waals surface area contributed by atoms with E-state index in [-0.39, 0.29) is 16.2 Å². The van der Waals surface area contributed by atoms with Gasteiger partial charge in [-0.3, -0.25) is 9.59 Å². The van der Waals surface area contributed by atoms with Crippen LogP contribution >= 0.6 is 11.6 Å². The molecule has 0 aliphatic carbocycles. The number of rotatable bonds is 7. The molecule has 2 aliphatic rings. The maximum Gasteiger partial charge on any atom is 0.295 e. The van der Waals surface area contributed by atoms with Crippen molar-refractivity contribution in [3.63, 3.8) is 0 Å². The Bertz CT molecular complexity index is 1120. The summed E-state index contributed by atoms with van der Waals surface area (Å²) in [6.07, 6.45) is 0. The van der Waals surface area contributed by atoms with Crippen molar-refractivity contribution in [2.75, 3.05) is 46.5 Å². The summed E-state index contributed by atoms with van der Waals surface area (Å²) in [5.41, 5.74) is 2.10. The lowest BCUT2D eigenvalue weighted by Gasteiger charge is -2.30. The number of amides is 1. The summed E-state index contributed by atoms with van der Waals surface area (Å²) in [7, 11) is 1.49. The highest BCUT2D eigenvalue weighted by Crippen LogP contribution is 2.39. The van der Waals surface area contributed by atoms with Gasteiger partial charge in [0.05, 0.1) is 44.5 Å². The van der Waals surface area contributed by atoms with Gasteiger partial charge in [0.25, 0.3) is 5.91 Å². The standard InChI is InChI=1S/C27H31ClN2O5/c1-17(2)18-4-6-19(7-5-18)24-23(25(31)20-8-9-22(34-3)21(28)16-20)26(32)27(33)30(24)11-10-29-12-14-35-15-13-29/h4-9,16-17,24,31H,10-15H2,1-3H3/b25-23+. The van der Waals surface area contributed by atoms with Gasteiger partial charge in [-0.05, 0) is 34.7 Å². The predicted molar refractivity (Wildman–Crippen MR) is 131 cm³/mol. The first-order valence-corrected chi connectivity index (χ1v) is 12.3. The van der Waals surface area contributed by atoms with Crippen LogP contribution in [0.2, 0.25) is 5.02 Å². The zero-order valence-corrected chi connectivity index (χ0v) is 21.1. The fourth-order valence-corrected chi connectivity index (χ4v) is 4.92. The highest BCUT2D eigenvalue weighted by molar-refractivity contribution is 6.46. The van der Waals surface area contributed by atoms with Gasteiger partial charge in [0, 0.05) is 5.57 Å². The molecule has 1 atom stereocenters. The van der Waals surface area contributed by atoms with Crippen molar-refractivity contribution < 1.29 is 29.1 Å². The van der Waals surface area contributed by atoms with Gasteiger partial charge in [-0.1, -0.05) is 61.5 Å². The van der Waals surface area contributed by atoms with Crippen molar-refractivity contribution >= 4 is 29.1 Å². The summed E-state index contributed by atoms with van der Waals surface area (Å²) in [4.78, 5) is 29.3. The average Bonchev–Trinajstić information content (AvgIpc) is 3.12. The molecule has 2 saturated heterocycles. The first-order chi connectivity index (χ1) is 16.8. The Hall–Kier alpha value is -2.87. The summed E-state index contributed by atoms with van der Waals surface area (Å²) in [5.74, 6) is -1.12. The average molecular weight is 499 g/mol. The Kier molecular flexibility index (Phi) is 7.79. The van der Waals surface area contributed by atoms with Gasteiger partial charge in [0.15, 0.2) is 0 Å². The molecule has 0 spiro atoms. The van der Waals surface area contributed by atoms with Gasteiger partial charge in [-0.25, -0.2) is 0 Å². The van der Waals surface area contributed by atoms with Crippen LogP contribution < -0.4 is 14.7 Å². The number of Topliss-reactive ketones (excluding diaryl/α,β-unsaturated/α-hetero) is 1. The highest BCUT2D eigenvalue weighted by Gasteiger charge is 2.44. The molecule has 2 fully saturated rings. The highest BCUT2D eigenvalue weighted by atomic mass is 35.5. The molecule has 1 amide bonds. The Morgan fingerprint density at radius 3 is 2.46 bits per heavy atom. The monoisotopic (exact) mass is 498 g/mol. The summed E-state index contributed by atoms with van der Waals surface area (Å²) >= 11 is 6.25. The molecule has 0 aromatic heterocycles. The number of carbonyl (C=O) groups is 2. The normalized spacial score (nSPS) is 20.6. The van der Waals surface area contributed by atoms with E-state index in [1.165, 1.54) is 18.1 Å². The minimum atomic E-state index is -0.753. The van der Waals surface area contributed by atoms with Crippen LogP contribution in [0.25, 0.3) is 5.76 Å². The number of nitrogens with zero attached hydrogens (tertiary/aromatic N) is 1. The van der Waals surface area contributed by atoms with E-state index in [9.17, 15) is 14.7 Å². The van der Waals surface area contributed by atoms with Gasteiger partial charge in [-0.2, -0.15) is 0 Å². The molecule has 2 aliphatic heterocycles. The van der Waals surface area contributed by atoms with Crippen LogP contribution in [0.5, 0.6) is 5.75 Å². The van der Waals surface area contributed by atoms with Gasteiger partial charge in [-0.15, -0.1) is 0 Å². The van der Waals surface area contributed by atoms with E-state index in [1.807, 2.05) is 24.3 Å². The van der Waals surface area contributed by atoms with Crippen LogP contribution in [0.4, 0.5) is 0 Å². The Balaban J connectivity index is 1.75. The molecule has 186 valence electrons. The number of hydrogen-bond donors (Lipinski definition) is 1. The molecule has 0 bridgehead atoms. The van der Waals surface area contributed by atoms with Crippen molar-refractivity contribution in [3.8, 4) is 5.75 Å². The number of benzene rings is 2. The molecule has 35 heavy (non-hydrogen) atoms. The maximum absolute atomic E-state index is 13.6. The topological polar surface area (TPSA) is 83.3 Å². The third kappa shape index (κ3) is 5.22. The predicted octanol–water partition coefficient (Wildman–Crippen LogP) is 1.61. The van der Waals surface area contributed by atoms with E-state index < -0.39 is 23.5 Å². The largest absolute Gasteiger partial charge is 0.872 e. The number of ether oxygens (including phenoxy) is 2. The number of ketones is 1. The molecule has 0 radical (unpaired) electrons. The number of nitrogens with one attached hydrogen (secondary N) is 1. The molecular formula is C27H31ClN2O5. The molecule has 4 rings (SSSR count). The zero-order chi connectivity index (χ0) is 25.1. The molecule has 1 N–H and O–H groups in total. The summed E-state index contributed by atoms with van der Waals surface area (Å²) in [5, 5.41) is 13.9. The SMILES string of the molecule is COc1ccc(/C([O-])=C2\C(=O)C(=O)N(CC[NH+]3CCOCC3)C2c2ccc(C(C)C)cc2)cc1Cl.